The Bertz CT molecular complexity index is 3530. The van der Waals surface area contributed by atoms with Crippen molar-refractivity contribution in [1.29, 1.82) is 0 Å². The Morgan fingerprint density at radius 1 is 0.379 bits per heavy atom. The van der Waals surface area contributed by atoms with Gasteiger partial charge < -0.3 is 4.57 Å². The third-order valence-electron chi connectivity index (χ3n) is 11.9. The van der Waals surface area contributed by atoms with E-state index in [0.717, 1.165) is 72.5 Å². The fraction of sp³-hybridized carbons (Fsp3) is 0.0185. The third-order valence-corrected chi connectivity index (χ3v) is 11.9. The summed E-state index contributed by atoms with van der Waals surface area (Å²) < 4.78 is 2.42. The molecular weight excluding hydrogens is 705 g/mol. The van der Waals surface area contributed by atoms with Crippen LogP contribution in [-0.4, -0.2) is 19.5 Å². The van der Waals surface area contributed by atoms with Crippen LogP contribution in [0.4, 0.5) is 0 Å². The fourth-order valence-electron chi connectivity index (χ4n) is 9.25. The van der Waals surface area contributed by atoms with E-state index < -0.39 is 0 Å². The second-order valence-electron chi connectivity index (χ2n) is 15.2. The molecule has 4 heteroatoms. The summed E-state index contributed by atoms with van der Waals surface area (Å²) >= 11 is 0. The number of nitrogens with zero attached hydrogens (tertiary/aromatic N) is 4. The summed E-state index contributed by atoms with van der Waals surface area (Å²) in [6.07, 6.45) is 0. The van der Waals surface area contributed by atoms with Crippen LogP contribution in [0.3, 0.4) is 0 Å². The topological polar surface area (TPSA) is 43.6 Å². The van der Waals surface area contributed by atoms with E-state index in [1.807, 2.05) is 24.3 Å². The quantitative estimate of drug-likeness (QED) is 0.165. The number of para-hydroxylation sites is 2. The molecule has 12 aromatic rings. The highest BCUT2D eigenvalue weighted by Crippen LogP contribution is 2.45. The van der Waals surface area contributed by atoms with E-state index in [1.54, 1.807) is 0 Å². The zero-order valence-corrected chi connectivity index (χ0v) is 31.7. The Labute approximate surface area is 334 Å². The van der Waals surface area contributed by atoms with Crippen LogP contribution in [0.25, 0.3) is 116 Å². The van der Waals surface area contributed by atoms with E-state index in [2.05, 4.69) is 175 Å². The number of pyridine rings is 1. The van der Waals surface area contributed by atoms with Gasteiger partial charge in [-0.3, -0.25) is 0 Å². The molecule has 12 rings (SSSR count). The molecule has 0 bridgehead atoms. The summed E-state index contributed by atoms with van der Waals surface area (Å²) in [7, 11) is 0. The molecular formula is C54H34N4. The molecule has 9 aromatic carbocycles. The highest BCUT2D eigenvalue weighted by atomic mass is 15.0. The highest BCUT2D eigenvalue weighted by molar-refractivity contribution is 6.28. The Balaban J connectivity index is 1.12. The van der Waals surface area contributed by atoms with Crippen molar-refractivity contribution in [3.8, 4) is 50.8 Å². The summed E-state index contributed by atoms with van der Waals surface area (Å²) in [5.74, 6) is 0.711. The normalized spacial score (nSPS) is 11.9. The summed E-state index contributed by atoms with van der Waals surface area (Å²) in [4.78, 5) is 15.9. The van der Waals surface area contributed by atoms with Gasteiger partial charge in [-0.25, -0.2) is 15.0 Å². The standard InChI is InChI=1S/C54H34N4/c1-33-50(37-13-4-2-5-14-37)56-54(39-15-6-3-7-16-39)57-51(33)38-25-29-40(30-26-38)58-46-22-11-9-20-44(46)49-43-19-8-10-21-45(43)55-52(53(49)58)42-32-28-36-24-23-34-17-12-18-35-27-31-41(42)48(36)47(34)35/h2-32H,1H3. The summed E-state index contributed by atoms with van der Waals surface area (Å²) in [6, 6.07) is 67.1. The number of fused-ring (bicyclic) bond motifs is 5. The lowest BCUT2D eigenvalue weighted by Gasteiger charge is -2.17. The summed E-state index contributed by atoms with van der Waals surface area (Å²) in [6.45, 7) is 2.13. The zero-order valence-electron chi connectivity index (χ0n) is 31.7. The minimum absolute atomic E-state index is 0.711. The molecule has 0 fully saturated rings. The lowest BCUT2D eigenvalue weighted by molar-refractivity contribution is 1.14. The number of hydrogen-bond donors (Lipinski definition) is 0. The molecule has 58 heavy (non-hydrogen) atoms. The number of hydrogen-bond acceptors (Lipinski definition) is 3. The predicted molar refractivity (Wildman–Crippen MR) is 242 cm³/mol. The molecule has 3 aromatic heterocycles. The average molecular weight is 739 g/mol. The molecule has 270 valence electrons. The first-order chi connectivity index (χ1) is 28.7. The van der Waals surface area contributed by atoms with Gasteiger partial charge in [-0.15, -0.1) is 0 Å². The second kappa shape index (κ2) is 12.7. The minimum Gasteiger partial charge on any atom is -0.307 e. The largest absolute Gasteiger partial charge is 0.307 e. The van der Waals surface area contributed by atoms with Gasteiger partial charge in [0.05, 0.1) is 33.6 Å². The van der Waals surface area contributed by atoms with Crippen LogP contribution in [0, 0.1) is 6.92 Å². The Kier molecular flexibility index (Phi) is 7.11. The predicted octanol–water partition coefficient (Wildman–Crippen LogP) is 14.0. The number of rotatable bonds is 5. The lowest BCUT2D eigenvalue weighted by atomic mass is 9.90. The molecule has 0 amide bonds. The van der Waals surface area contributed by atoms with Gasteiger partial charge in [-0.05, 0) is 63.5 Å². The molecule has 3 heterocycles. The number of benzene rings is 9. The van der Waals surface area contributed by atoms with E-state index in [-0.39, 0.29) is 0 Å². The molecule has 0 saturated heterocycles. The van der Waals surface area contributed by atoms with Gasteiger partial charge in [0.15, 0.2) is 5.82 Å². The first kappa shape index (κ1) is 32.5. The van der Waals surface area contributed by atoms with E-state index in [1.165, 1.54) is 43.1 Å². The van der Waals surface area contributed by atoms with Crippen molar-refractivity contribution in [3.63, 3.8) is 0 Å². The summed E-state index contributed by atoms with van der Waals surface area (Å²) in [5.41, 5.74) is 12.4. The van der Waals surface area contributed by atoms with Gasteiger partial charge in [0.25, 0.3) is 0 Å². The van der Waals surface area contributed by atoms with Gasteiger partial charge in [-0.1, -0.05) is 164 Å². The average Bonchev–Trinajstić information content (AvgIpc) is 3.64. The molecule has 0 aliphatic rings. The third kappa shape index (κ3) is 4.85. The van der Waals surface area contributed by atoms with Crippen LogP contribution in [0.15, 0.2) is 188 Å². The number of aromatic nitrogens is 4. The minimum atomic E-state index is 0.711. The molecule has 0 spiro atoms. The maximum absolute atomic E-state index is 5.55. The molecule has 0 aliphatic carbocycles. The molecule has 0 aliphatic heterocycles. The maximum Gasteiger partial charge on any atom is 0.160 e. The lowest BCUT2D eigenvalue weighted by Crippen LogP contribution is -2.01. The van der Waals surface area contributed by atoms with Crippen LogP contribution in [0.1, 0.15) is 5.56 Å². The Morgan fingerprint density at radius 3 is 1.71 bits per heavy atom. The van der Waals surface area contributed by atoms with Crippen LogP contribution < -0.4 is 0 Å². The van der Waals surface area contributed by atoms with Gasteiger partial charge in [0.1, 0.15) is 0 Å². The van der Waals surface area contributed by atoms with E-state index >= 15 is 0 Å². The monoisotopic (exact) mass is 738 g/mol. The first-order valence-corrected chi connectivity index (χ1v) is 19.8. The van der Waals surface area contributed by atoms with Crippen LogP contribution in [0.5, 0.6) is 0 Å². The fourth-order valence-corrected chi connectivity index (χ4v) is 9.25. The first-order valence-electron chi connectivity index (χ1n) is 19.8. The van der Waals surface area contributed by atoms with E-state index in [4.69, 9.17) is 15.0 Å². The van der Waals surface area contributed by atoms with Crippen molar-refractivity contribution in [2.24, 2.45) is 0 Å². The van der Waals surface area contributed by atoms with Crippen molar-refractivity contribution >= 4 is 65.0 Å². The van der Waals surface area contributed by atoms with E-state index in [9.17, 15) is 0 Å². The van der Waals surface area contributed by atoms with Crippen LogP contribution >= 0.6 is 0 Å². The molecule has 0 atom stereocenters. The second-order valence-corrected chi connectivity index (χ2v) is 15.2. The molecule has 0 radical (unpaired) electrons. The highest BCUT2D eigenvalue weighted by Gasteiger charge is 2.23. The molecule has 4 nitrogen and oxygen atoms in total. The van der Waals surface area contributed by atoms with Gasteiger partial charge in [0.2, 0.25) is 0 Å². The van der Waals surface area contributed by atoms with Crippen LogP contribution in [0.2, 0.25) is 0 Å². The van der Waals surface area contributed by atoms with Crippen molar-refractivity contribution in [3.05, 3.63) is 194 Å². The summed E-state index contributed by atoms with van der Waals surface area (Å²) in [5, 5.41) is 11.1. The molecule has 0 unspecified atom stereocenters. The van der Waals surface area contributed by atoms with Crippen molar-refractivity contribution in [2.45, 2.75) is 6.92 Å². The zero-order chi connectivity index (χ0) is 38.3. The van der Waals surface area contributed by atoms with Gasteiger partial charge >= 0.3 is 0 Å². The Hall–Kier alpha value is -7.69. The Morgan fingerprint density at radius 2 is 0.966 bits per heavy atom. The van der Waals surface area contributed by atoms with Gasteiger partial charge in [0, 0.05) is 49.7 Å². The molecule has 0 N–H and O–H groups in total. The van der Waals surface area contributed by atoms with Crippen molar-refractivity contribution < 1.29 is 0 Å². The maximum atomic E-state index is 5.55. The smallest absolute Gasteiger partial charge is 0.160 e. The van der Waals surface area contributed by atoms with Crippen molar-refractivity contribution in [2.75, 3.05) is 0 Å². The molecule has 0 saturated carbocycles. The van der Waals surface area contributed by atoms with E-state index in [0.29, 0.717) is 5.82 Å². The van der Waals surface area contributed by atoms with Crippen LogP contribution in [-0.2, 0) is 0 Å². The SMILES string of the molecule is Cc1c(-c2ccccc2)nc(-c2ccccc2)nc1-c1ccc(-n2c3ccccc3c3c4ccccc4nc(-c4ccc5ccc6cccc7ccc4c5c67)c32)cc1. The van der Waals surface area contributed by atoms with Gasteiger partial charge in [-0.2, -0.15) is 0 Å². The van der Waals surface area contributed by atoms with Crippen molar-refractivity contribution in [1.82, 2.24) is 19.5 Å².